The molecule has 0 spiro atoms. The van der Waals surface area contributed by atoms with Gasteiger partial charge in [-0.15, -0.1) is 10.2 Å². The number of aryl methyl sites for hydroxylation is 2. The van der Waals surface area contributed by atoms with Crippen molar-refractivity contribution in [1.82, 2.24) is 20.1 Å². The van der Waals surface area contributed by atoms with Gasteiger partial charge in [-0.25, -0.2) is 8.42 Å². The predicted molar refractivity (Wildman–Crippen MR) is 208 cm³/mol. The molecule has 0 saturated carbocycles. The molecule has 4 aromatic rings. The van der Waals surface area contributed by atoms with Gasteiger partial charge in [-0.3, -0.25) is 0 Å². The Balaban J connectivity index is 1.30. The minimum absolute atomic E-state index is 0.0731. The number of fused-ring (bicyclic) bond motifs is 1. The lowest BCUT2D eigenvalue weighted by Crippen LogP contribution is -2.48. The lowest BCUT2D eigenvalue weighted by molar-refractivity contribution is -0.00692. The Morgan fingerprint density at radius 1 is 0.963 bits per heavy atom. The number of sulfone groups is 1. The van der Waals surface area contributed by atoms with Crippen LogP contribution in [0, 0.1) is 12.8 Å². The van der Waals surface area contributed by atoms with Crippen molar-refractivity contribution in [3.63, 3.8) is 0 Å². The van der Waals surface area contributed by atoms with E-state index < -0.39 is 21.4 Å². The fourth-order valence-electron chi connectivity index (χ4n) is 7.30. The van der Waals surface area contributed by atoms with Crippen LogP contribution in [-0.4, -0.2) is 95.6 Å². The first-order valence-electron chi connectivity index (χ1n) is 18.9. The van der Waals surface area contributed by atoms with Crippen LogP contribution < -0.4 is 15.0 Å². The molecule has 1 saturated heterocycles. The van der Waals surface area contributed by atoms with Gasteiger partial charge in [0.05, 0.1) is 43.1 Å². The summed E-state index contributed by atoms with van der Waals surface area (Å²) in [6, 6.07) is 21.3. The Labute approximate surface area is 320 Å². The van der Waals surface area contributed by atoms with Crippen molar-refractivity contribution in [2.75, 3.05) is 65.2 Å². The van der Waals surface area contributed by atoms with Crippen LogP contribution in [0.1, 0.15) is 59.8 Å². The maximum absolute atomic E-state index is 14.7. The molecule has 2 aliphatic heterocycles. The highest BCUT2D eigenvalue weighted by Gasteiger charge is 2.39. The number of anilines is 1. The summed E-state index contributed by atoms with van der Waals surface area (Å²) < 4.78 is 60.9. The fraction of sp³-hybridized carbons (Fsp3) is 0.512. The maximum atomic E-state index is 14.7. The molecule has 2 aliphatic rings. The molecule has 3 heterocycles. The summed E-state index contributed by atoms with van der Waals surface area (Å²) in [5, 5.41) is 11.6. The molecule has 12 nitrogen and oxygen atoms in total. The Morgan fingerprint density at radius 3 is 2.48 bits per heavy atom. The van der Waals surface area contributed by atoms with E-state index in [9.17, 15) is 8.42 Å². The van der Waals surface area contributed by atoms with E-state index in [2.05, 4.69) is 51.6 Å². The third-order valence-electron chi connectivity index (χ3n) is 10.2. The van der Waals surface area contributed by atoms with Gasteiger partial charge in [-0.05, 0) is 67.1 Å². The molecule has 0 aliphatic carbocycles. The Hall–Kier alpha value is -3.85. The SMILES string of the molecule is COCCCN1CCOc2ccc(C(O[C@H]3CN[C@@H](CCn4cnnc4)C[C@@H]3c3ccc(COCC(C)COC)cc3)S(=O)(=O)c3ccc(C)cc3)cc21. The van der Waals surface area contributed by atoms with E-state index in [-0.39, 0.29) is 16.9 Å². The molecule has 13 heteroatoms. The second-order valence-electron chi connectivity index (χ2n) is 14.5. The zero-order valence-corrected chi connectivity index (χ0v) is 32.7. The molecule has 1 aromatic heterocycles. The monoisotopic (exact) mass is 761 g/mol. The summed E-state index contributed by atoms with van der Waals surface area (Å²) in [4.78, 5) is 2.46. The summed E-state index contributed by atoms with van der Waals surface area (Å²) in [6.45, 7) is 9.74. The number of piperidine rings is 1. The highest BCUT2D eigenvalue weighted by Crippen LogP contribution is 2.41. The summed E-state index contributed by atoms with van der Waals surface area (Å²) in [5.41, 5.74) is 3.34. The number of hydrogen-bond donors (Lipinski definition) is 1. The van der Waals surface area contributed by atoms with E-state index in [0.29, 0.717) is 57.6 Å². The van der Waals surface area contributed by atoms with Gasteiger partial charge in [0.25, 0.3) is 0 Å². The van der Waals surface area contributed by atoms with E-state index in [4.69, 9.17) is 23.7 Å². The lowest BCUT2D eigenvalue weighted by Gasteiger charge is -2.39. The van der Waals surface area contributed by atoms with Gasteiger partial charge in [0, 0.05) is 58.3 Å². The molecule has 292 valence electrons. The number of benzene rings is 3. The number of methoxy groups -OCH3 is 2. The molecule has 54 heavy (non-hydrogen) atoms. The first-order chi connectivity index (χ1) is 26.2. The van der Waals surface area contributed by atoms with Gasteiger partial charge in [0.1, 0.15) is 25.0 Å². The molecule has 0 bridgehead atoms. The quantitative estimate of drug-likeness (QED) is 0.118. The number of nitrogens with zero attached hydrogens (tertiary/aromatic N) is 4. The Kier molecular flexibility index (Phi) is 14.1. The Morgan fingerprint density at radius 2 is 1.74 bits per heavy atom. The predicted octanol–water partition coefficient (Wildman–Crippen LogP) is 5.71. The van der Waals surface area contributed by atoms with Gasteiger partial charge < -0.3 is 38.5 Å². The average Bonchev–Trinajstić information content (AvgIpc) is 3.71. The first-order valence-corrected chi connectivity index (χ1v) is 20.5. The highest BCUT2D eigenvalue weighted by molar-refractivity contribution is 7.91. The highest BCUT2D eigenvalue weighted by atomic mass is 32.2. The van der Waals surface area contributed by atoms with E-state index in [1.165, 1.54) is 0 Å². The first kappa shape index (κ1) is 39.8. The molecule has 6 rings (SSSR count). The van der Waals surface area contributed by atoms with Crippen LogP contribution in [0.25, 0.3) is 0 Å². The van der Waals surface area contributed by atoms with Crippen LogP contribution in [0.15, 0.2) is 84.3 Å². The number of ether oxygens (including phenoxy) is 5. The topological polar surface area (TPSA) is 126 Å². The molecular formula is C41H55N5O7S. The number of rotatable bonds is 19. The van der Waals surface area contributed by atoms with Crippen LogP contribution >= 0.6 is 0 Å². The minimum atomic E-state index is -3.99. The zero-order valence-electron chi connectivity index (χ0n) is 31.9. The van der Waals surface area contributed by atoms with Crippen LogP contribution in [0.5, 0.6) is 5.75 Å². The smallest absolute Gasteiger partial charge is 0.209 e. The fourth-order valence-corrected chi connectivity index (χ4v) is 8.86. The van der Waals surface area contributed by atoms with Crippen molar-refractivity contribution in [1.29, 1.82) is 0 Å². The van der Waals surface area contributed by atoms with Crippen molar-refractivity contribution >= 4 is 15.5 Å². The van der Waals surface area contributed by atoms with Crippen molar-refractivity contribution in [3.8, 4) is 5.75 Å². The molecule has 1 N–H and O–H groups in total. The number of nitrogens with one attached hydrogen (secondary N) is 1. The van der Waals surface area contributed by atoms with E-state index in [1.54, 1.807) is 39.0 Å². The largest absolute Gasteiger partial charge is 0.490 e. The van der Waals surface area contributed by atoms with E-state index in [0.717, 1.165) is 60.5 Å². The van der Waals surface area contributed by atoms with E-state index >= 15 is 0 Å². The minimum Gasteiger partial charge on any atom is -0.490 e. The zero-order chi connectivity index (χ0) is 37.9. The van der Waals surface area contributed by atoms with Gasteiger partial charge in [-0.1, -0.05) is 55.0 Å². The van der Waals surface area contributed by atoms with Crippen LogP contribution in [0.4, 0.5) is 5.69 Å². The average molecular weight is 762 g/mol. The second kappa shape index (κ2) is 19.1. The lowest BCUT2D eigenvalue weighted by atomic mass is 9.83. The third kappa shape index (κ3) is 10.3. The van der Waals surface area contributed by atoms with Crippen molar-refractivity contribution < 1.29 is 32.1 Å². The molecule has 0 amide bonds. The molecule has 3 aromatic carbocycles. The molecular weight excluding hydrogens is 707 g/mol. The molecule has 1 fully saturated rings. The van der Waals surface area contributed by atoms with Crippen LogP contribution in [-0.2, 0) is 41.9 Å². The second-order valence-corrected chi connectivity index (χ2v) is 16.5. The van der Waals surface area contributed by atoms with Gasteiger partial charge >= 0.3 is 0 Å². The summed E-state index contributed by atoms with van der Waals surface area (Å²) >= 11 is 0. The van der Waals surface area contributed by atoms with Gasteiger partial charge in [-0.2, -0.15) is 0 Å². The van der Waals surface area contributed by atoms with Crippen LogP contribution in [0.2, 0.25) is 0 Å². The molecule has 2 unspecified atom stereocenters. The standard InChI is InChI=1S/C41H55N5O7S/c1-30-6-13-36(14-7-30)54(47,48)41(34-12-15-39-38(22-34)46(19-21-52-39)17-5-20-49-3)53-40-24-42-35(16-18-45-28-43-44-29-45)23-37(40)33-10-8-32(9-11-33)27-51-26-31(2)25-50-4/h6-15,22,28-29,31,35,37,40-42H,5,16-21,23-27H2,1-4H3/t31?,35-,37+,40-,41?/m0/s1. The van der Waals surface area contributed by atoms with Crippen molar-refractivity contribution in [2.24, 2.45) is 5.92 Å². The molecule has 5 atom stereocenters. The van der Waals surface area contributed by atoms with Crippen molar-refractivity contribution in [2.45, 2.75) is 74.7 Å². The summed E-state index contributed by atoms with van der Waals surface area (Å²) in [7, 11) is -0.593. The summed E-state index contributed by atoms with van der Waals surface area (Å²) in [5.74, 6) is 0.970. The third-order valence-corrected chi connectivity index (χ3v) is 12.1. The Bertz CT molecular complexity index is 1840. The van der Waals surface area contributed by atoms with Crippen LogP contribution in [0.3, 0.4) is 0 Å². The van der Waals surface area contributed by atoms with E-state index in [1.807, 2.05) is 41.8 Å². The number of hydrogen-bond acceptors (Lipinski definition) is 11. The van der Waals surface area contributed by atoms with Crippen molar-refractivity contribution in [3.05, 3.63) is 102 Å². The maximum Gasteiger partial charge on any atom is 0.209 e. The summed E-state index contributed by atoms with van der Waals surface area (Å²) in [6.07, 6.45) is 5.48. The van der Waals surface area contributed by atoms with Gasteiger partial charge in [0.15, 0.2) is 5.44 Å². The number of aromatic nitrogens is 3. The molecule has 0 radical (unpaired) electrons. The van der Waals surface area contributed by atoms with Gasteiger partial charge in [0.2, 0.25) is 9.84 Å². The normalized spacial score (nSPS) is 19.9.